The van der Waals surface area contributed by atoms with Gasteiger partial charge in [0, 0.05) is 0 Å². The monoisotopic (exact) mass is 280 g/mol. The number of hydrogen-bond acceptors (Lipinski definition) is 7. The molecule has 4 atom stereocenters. The molecule has 1 aliphatic rings. The van der Waals surface area contributed by atoms with Crippen LogP contribution in [0.2, 0.25) is 0 Å². The quantitative estimate of drug-likeness (QED) is 0.547. The normalized spacial score (nSPS) is 33.9. The zero-order chi connectivity index (χ0) is 14.5. The first kappa shape index (κ1) is 13.3. The third kappa shape index (κ3) is 1.70. The Balaban J connectivity index is 2.10. The molecule has 0 radical (unpaired) electrons. The molecule has 3 rings (SSSR count). The van der Waals surface area contributed by atoms with Crippen LogP contribution in [0.4, 0.5) is 5.82 Å². The molecule has 5 N–H and O–H groups in total. The second-order valence-electron chi connectivity index (χ2n) is 5.11. The molecule has 0 aromatic carbocycles. The van der Waals surface area contributed by atoms with Gasteiger partial charge in [-0.1, -0.05) is 0 Å². The van der Waals surface area contributed by atoms with E-state index >= 15 is 0 Å². The molecule has 2 aromatic rings. The standard InChI is InChI=1S/C12H16N4O4/c1-12(19)9(18)8(4-17)20-10(12)6-2-3-7-11(13)14-5-15-16(6)7/h2-3,5,8-10,17-19H,4H2,1H3,(H2,13,14,15)/t8-,9-,10?,12-/m1/s1. The van der Waals surface area contributed by atoms with E-state index in [2.05, 4.69) is 10.1 Å². The summed E-state index contributed by atoms with van der Waals surface area (Å²) in [5.41, 5.74) is 5.33. The van der Waals surface area contributed by atoms with Gasteiger partial charge in [0.1, 0.15) is 35.8 Å². The van der Waals surface area contributed by atoms with E-state index in [1.165, 1.54) is 17.8 Å². The minimum Gasteiger partial charge on any atom is -0.394 e. The van der Waals surface area contributed by atoms with E-state index in [-0.39, 0.29) is 6.61 Å². The molecule has 1 saturated heterocycles. The molecule has 0 aliphatic carbocycles. The fourth-order valence-electron chi connectivity index (χ4n) is 2.60. The topological polar surface area (TPSA) is 126 Å². The molecule has 20 heavy (non-hydrogen) atoms. The average molecular weight is 280 g/mol. The maximum atomic E-state index is 10.5. The van der Waals surface area contributed by atoms with E-state index in [1.807, 2.05) is 0 Å². The van der Waals surface area contributed by atoms with Crippen molar-refractivity contribution in [1.29, 1.82) is 0 Å². The Kier molecular flexibility index (Phi) is 2.91. The highest BCUT2D eigenvalue weighted by atomic mass is 16.6. The lowest BCUT2D eigenvalue weighted by Gasteiger charge is -2.26. The van der Waals surface area contributed by atoms with Crippen molar-refractivity contribution >= 4 is 11.3 Å². The highest BCUT2D eigenvalue weighted by Gasteiger charge is 2.53. The lowest BCUT2D eigenvalue weighted by atomic mass is 9.91. The summed E-state index contributed by atoms with van der Waals surface area (Å²) in [6, 6.07) is 3.41. The zero-order valence-corrected chi connectivity index (χ0v) is 10.8. The fourth-order valence-corrected chi connectivity index (χ4v) is 2.60. The van der Waals surface area contributed by atoms with Crippen LogP contribution in [0.25, 0.3) is 5.52 Å². The van der Waals surface area contributed by atoms with Gasteiger partial charge in [-0.15, -0.1) is 0 Å². The van der Waals surface area contributed by atoms with Gasteiger partial charge in [0.05, 0.1) is 12.3 Å². The molecule has 8 nitrogen and oxygen atoms in total. The van der Waals surface area contributed by atoms with Gasteiger partial charge in [-0.05, 0) is 19.1 Å². The van der Waals surface area contributed by atoms with Gasteiger partial charge in [-0.3, -0.25) is 0 Å². The second kappa shape index (κ2) is 4.38. The van der Waals surface area contributed by atoms with Crippen molar-refractivity contribution in [2.45, 2.75) is 30.8 Å². The van der Waals surface area contributed by atoms with Crippen molar-refractivity contribution in [2.24, 2.45) is 0 Å². The summed E-state index contributed by atoms with van der Waals surface area (Å²) in [5.74, 6) is 0.308. The third-order valence-electron chi connectivity index (χ3n) is 3.75. The Bertz CT molecular complexity index is 641. The maximum absolute atomic E-state index is 10.5. The van der Waals surface area contributed by atoms with Crippen LogP contribution < -0.4 is 5.73 Å². The minimum absolute atomic E-state index is 0.308. The van der Waals surface area contributed by atoms with Crippen LogP contribution in [0.1, 0.15) is 18.7 Å². The third-order valence-corrected chi connectivity index (χ3v) is 3.75. The summed E-state index contributed by atoms with van der Waals surface area (Å²) in [7, 11) is 0. The average Bonchev–Trinajstić information content (AvgIpc) is 2.92. The molecule has 1 fully saturated rings. The SMILES string of the molecule is C[C@]1(O)C(c2ccc3c(N)ncnn23)O[C@H](CO)[C@H]1O. The molecule has 0 bridgehead atoms. The number of nitrogens with two attached hydrogens (primary N) is 1. The molecule has 0 saturated carbocycles. The fraction of sp³-hybridized carbons (Fsp3) is 0.500. The second-order valence-corrected chi connectivity index (χ2v) is 5.11. The van der Waals surface area contributed by atoms with Gasteiger partial charge < -0.3 is 25.8 Å². The van der Waals surface area contributed by atoms with E-state index in [4.69, 9.17) is 10.5 Å². The summed E-state index contributed by atoms with van der Waals surface area (Å²) in [5, 5.41) is 33.7. The molecule has 8 heteroatoms. The Labute approximate surface area is 114 Å². The van der Waals surface area contributed by atoms with E-state index in [0.29, 0.717) is 17.0 Å². The van der Waals surface area contributed by atoms with Crippen LogP contribution in [0.15, 0.2) is 18.5 Å². The zero-order valence-electron chi connectivity index (χ0n) is 10.8. The first-order valence-electron chi connectivity index (χ1n) is 6.21. The number of hydrogen-bond donors (Lipinski definition) is 4. The summed E-state index contributed by atoms with van der Waals surface area (Å²) in [4.78, 5) is 3.88. The van der Waals surface area contributed by atoms with Crippen molar-refractivity contribution < 1.29 is 20.1 Å². The lowest BCUT2D eigenvalue weighted by Crippen LogP contribution is -2.43. The van der Waals surface area contributed by atoms with Crippen LogP contribution in [-0.2, 0) is 4.74 Å². The number of rotatable bonds is 2. The predicted octanol–water partition coefficient (Wildman–Crippen LogP) is -1.14. The molecule has 0 spiro atoms. The van der Waals surface area contributed by atoms with Gasteiger partial charge in [0.2, 0.25) is 0 Å². The van der Waals surface area contributed by atoms with Crippen LogP contribution in [0.5, 0.6) is 0 Å². The Hall–Kier alpha value is -1.74. The van der Waals surface area contributed by atoms with Crippen LogP contribution in [0.3, 0.4) is 0 Å². The predicted molar refractivity (Wildman–Crippen MR) is 68.7 cm³/mol. The summed E-state index contributed by atoms with van der Waals surface area (Å²) in [6.45, 7) is 1.08. The maximum Gasteiger partial charge on any atom is 0.151 e. The van der Waals surface area contributed by atoms with E-state index < -0.39 is 23.9 Å². The molecular formula is C12H16N4O4. The van der Waals surface area contributed by atoms with Crippen molar-refractivity contribution in [2.75, 3.05) is 12.3 Å². The molecule has 1 aliphatic heterocycles. The largest absolute Gasteiger partial charge is 0.394 e. The van der Waals surface area contributed by atoms with Gasteiger partial charge >= 0.3 is 0 Å². The Morgan fingerprint density at radius 3 is 2.90 bits per heavy atom. The summed E-state index contributed by atoms with van der Waals surface area (Å²) < 4.78 is 7.07. The van der Waals surface area contributed by atoms with Gasteiger partial charge in [0.15, 0.2) is 5.82 Å². The number of ether oxygens (including phenoxy) is 1. The Morgan fingerprint density at radius 2 is 2.25 bits per heavy atom. The Morgan fingerprint density at radius 1 is 1.50 bits per heavy atom. The smallest absolute Gasteiger partial charge is 0.151 e. The van der Waals surface area contributed by atoms with Crippen molar-refractivity contribution in [3.63, 3.8) is 0 Å². The van der Waals surface area contributed by atoms with Crippen molar-refractivity contribution in [3.05, 3.63) is 24.2 Å². The van der Waals surface area contributed by atoms with Crippen molar-refractivity contribution in [3.8, 4) is 0 Å². The van der Waals surface area contributed by atoms with Gasteiger partial charge in [0.25, 0.3) is 0 Å². The number of nitrogen functional groups attached to an aromatic ring is 1. The van der Waals surface area contributed by atoms with Gasteiger partial charge in [-0.2, -0.15) is 5.10 Å². The molecular weight excluding hydrogens is 264 g/mol. The van der Waals surface area contributed by atoms with E-state index in [0.717, 1.165) is 0 Å². The van der Waals surface area contributed by atoms with E-state index in [9.17, 15) is 15.3 Å². The molecule has 1 unspecified atom stereocenters. The van der Waals surface area contributed by atoms with Crippen LogP contribution >= 0.6 is 0 Å². The number of aliphatic hydroxyl groups excluding tert-OH is 2. The first-order chi connectivity index (χ1) is 9.46. The lowest BCUT2D eigenvalue weighted by molar-refractivity contribution is -0.0664. The molecule has 0 amide bonds. The van der Waals surface area contributed by atoms with Crippen LogP contribution in [0, 0.1) is 0 Å². The molecule has 108 valence electrons. The first-order valence-corrected chi connectivity index (χ1v) is 6.21. The van der Waals surface area contributed by atoms with E-state index in [1.54, 1.807) is 12.1 Å². The molecule has 3 heterocycles. The number of fused-ring (bicyclic) bond motifs is 1. The highest BCUT2D eigenvalue weighted by molar-refractivity contribution is 5.65. The minimum atomic E-state index is -1.54. The van der Waals surface area contributed by atoms with Crippen LogP contribution in [-0.4, -0.2) is 54.3 Å². The molecule has 2 aromatic heterocycles. The number of nitrogens with zero attached hydrogens (tertiary/aromatic N) is 3. The number of aromatic nitrogens is 3. The summed E-state index contributed by atoms with van der Waals surface area (Å²) >= 11 is 0. The van der Waals surface area contributed by atoms with Crippen molar-refractivity contribution in [1.82, 2.24) is 14.6 Å². The number of anilines is 1. The highest BCUT2D eigenvalue weighted by Crippen LogP contribution is 2.41. The summed E-state index contributed by atoms with van der Waals surface area (Å²) in [6.07, 6.45) is -1.57. The van der Waals surface area contributed by atoms with Gasteiger partial charge in [-0.25, -0.2) is 9.50 Å². The number of aliphatic hydroxyl groups is 3.